The van der Waals surface area contributed by atoms with Gasteiger partial charge in [-0.15, -0.1) is 0 Å². The van der Waals surface area contributed by atoms with Crippen molar-refractivity contribution in [3.05, 3.63) is 64.2 Å². The van der Waals surface area contributed by atoms with Gasteiger partial charge < -0.3 is 4.74 Å². The minimum Gasteiger partial charge on any atom is -0.482 e. The number of nitro benzene ring substituents is 1. The van der Waals surface area contributed by atoms with Gasteiger partial charge in [-0.1, -0.05) is 30.3 Å². The van der Waals surface area contributed by atoms with Crippen LogP contribution in [-0.2, 0) is 16.6 Å². The van der Waals surface area contributed by atoms with E-state index in [-0.39, 0.29) is 22.9 Å². The molecule has 22 heavy (non-hydrogen) atoms. The first-order valence-electron chi connectivity index (χ1n) is 6.33. The SMILES string of the molecule is CNS(=O)(=O)c1ccc([N+](=O)[O-])c(OCc2ccccc2)c1. The van der Waals surface area contributed by atoms with Crippen LogP contribution in [-0.4, -0.2) is 20.4 Å². The molecular formula is C14H14N2O5S. The van der Waals surface area contributed by atoms with Gasteiger partial charge in [0.25, 0.3) is 0 Å². The van der Waals surface area contributed by atoms with E-state index in [9.17, 15) is 18.5 Å². The van der Waals surface area contributed by atoms with Crippen LogP contribution in [0.25, 0.3) is 0 Å². The van der Waals surface area contributed by atoms with Crippen LogP contribution < -0.4 is 9.46 Å². The van der Waals surface area contributed by atoms with Crippen molar-refractivity contribution in [1.82, 2.24) is 4.72 Å². The molecule has 0 aromatic heterocycles. The number of nitrogens with zero attached hydrogens (tertiary/aromatic N) is 1. The molecule has 0 unspecified atom stereocenters. The average Bonchev–Trinajstić information content (AvgIpc) is 2.53. The lowest BCUT2D eigenvalue weighted by Gasteiger charge is -2.09. The third-order valence-corrected chi connectivity index (χ3v) is 4.36. The molecule has 8 heteroatoms. The number of hydrogen-bond acceptors (Lipinski definition) is 5. The van der Waals surface area contributed by atoms with Crippen LogP contribution in [0.2, 0.25) is 0 Å². The summed E-state index contributed by atoms with van der Waals surface area (Å²) in [6.45, 7) is 0.102. The fraction of sp³-hybridized carbons (Fsp3) is 0.143. The highest BCUT2D eigenvalue weighted by Gasteiger charge is 2.20. The highest BCUT2D eigenvalue weighted by atomic mass is 32.2. The topological polar surface area (TPSA) is 98.5 Å². The molecule has 2 aromatic carbocycles. The van der Waals surface area contributed by atoms with Gasteiger partial charge in [0.05, 0.1) is 9.82 Å². The summed E-state index contributed by atoms with van der Waals surface area (Å²) in [5.41, 5.74) is 0.532. The van der Waals surface area contributed by atoms with Crippen LogP contribution in [0.3, 0.4) is 0 Å². The third kappa shape index (κ3) is 3.60. The lowest BCUT2D eigenvalue weighted by atomic mass is 10.2. The summed E-state index contributed by atoms with van der Waals surface area (Å²) in [6, 6.07) is 12.5. The Balaban J connectivity index is 2.34. The first-order chi connectivity index (χ1) is 10.4. The molecule has 0 heterocycles. The van der Waals surface area contributed by atoms with E-state index < -0.39 is 14.9 Å². The molecule has 0 atom stereocenters. The van der Waals surface area contributed by atoms with Crippen LogP contribution in [0, 0.1) is 10.1 Å². The van der Waals surface area contributed by atoms with E-state index in [4.69, 9.17) is 4.74 Å². The molecular weight excluding hydrogens is 308 g/mol. The highest BCUT2D eigenvalue weighted by Crippen LogP contribution is 2.30. The lowest BCUT2D eigenvalue weighted by molar-refractivity contribution is -0.386. The van der Waals surface area contributed by atoms with E-state index >= 15 is 0 Å². The Kier molecular flexibility index (Phi) is 4.74. The molecule has 2 rings (SSSR count). The Morgan fingerprint density at radius 2 is 1.86 bits per heavy atom. The second kappa shape index (κ2) is 6.54. The van der Waals surface area contributed by atoms with Crippen molar-refractivity contribution in [2.24, 2.45) is 0 Å². The fourth-order valence-electron chi connectivity index (χ4n) is 1.78. The second-order valence-electron chi connectivity index (χ2n) is 4.37. The monoisotopic (exact) mass is 322 g/mol. The van der Waals surface area contributed by atoms with Crippen LogP contribution in [0.15, 0.2) is 53.4 Å². The fourth-order valence-corrected chi connectivity index (χ4v) is 2.53. The second-order valence-corrected chi connectivity index (χ2v) is 6.26. The molecule has 7 nitrogen and oxygen atoms in total. The molecule has 1 N–H and O–H groups in total. The van der Waals surface area contributed by atoms with Crippen molar-refractivity contribution >= 4 is 15.7 Å². The summed E-state index contributed by atoms with van der Waals surface area (Å²) in [4.78, 5) is 10.3. The molecule has 0 aliphatic carbocycles. The number of hydrogen-bond donors (Lipinski definition) is 1. The molecule has 116 valence electrons. The van der Waals surface area contributed by atoms with Crippen molar-refractivity contribution < 1.29 is 18.1 Å². The van der Waals surface area contributed by atoms with Gasteiger partial charge in [0.1, 0.15) is 6.61 Å². The Hall–Kier alpha value is -2.45. The van der Waals surface area contributed by atoms with Crippen molar-refractivity contribution in [2.45, 2.75) is 11.5 Å². The van der Waals surface area contributed by atoms with E-state index in [0.717, 1.165) is 17.7 Å². The average molecular weight is 322 g/mol. The van der Waals surface area contributed by atoms with E-state index in [2.05, 4.69) is 4.72 Å². The third-order valence-electron chi connectivity index (χ3n) is 2.94. The Bertz CT molecular complexity index is 775. The summed E-state index contributed by atoms with van der Waals surface area (Å²) in [6.07, 6.45) is 0. The summed E-state index contributed by atoms with van der Waals surface area (Å²) in [5.74, 6) is -0.0924. The standard InChI is InChI=1S/C14H14N2O5S/c1-15-22(19,20)12-7-8-13(16(17)18)14(9-12)21-10-11-5-3-2-4-6-11/h2-9,15H,10H2,1H3. The predicted octanol–water partition coefficient (Wildman–Crippen LogP) is 2.08. The molecule has 0 aliphatic heterocycles. The van der Waals surface area contributed by atoms with Gasteiger partial charge in [0, 0.05) is 12.1 Å². The van der Waals surface area contributed by atoms with Gasteiger partial charge in [-0.3, -0.25) is 10.1 Å². The normalized spacial score (nSPS) is 11.1. The molecule has 0 radical (unpaired) electrons. The number of rotatable bonds is 6. The van der Waals surface area contributed by atoms with Crippen molar-refractivity contribution in [1.29, 1.82) is 0 Å². The molecule has 0 bridgehead atoms. The highest BCUT2D eigenvalue weighted by molar-refractivity contribution is 7.89. The number of sulfonamides is 1. The molecule has 0 spiro atoms. The largest absolute Gasteiger partial charge is 0.482 e. The first kappa shape index (κ1) is 15.9. The molecule has 2 aromatic rings. The van der Waals surface area contributed by atoms with E-state index in [0.29, 0.717) is 0 Å². The minimum absolute atomic E-state index is 0.0924. The maximum atomic E-state index is 11.8. The summed E-state index contributed by atoms with van der Waals surface area (Å²) >= 11 is 0. The predicted molar refractivity (Wildman–Crippen MR) is 80.1 cm³/mol. The minimum atomic E-state index is -3.70. The van der Waals surface area contributed by atoms with Gasteiger partial charge in [0.2, 0.25) is 10.0 Å². The zero-order valence-corrected chi connectivity index (χ0v) is 12.5. The van der Waals surface area contributed by atoms with Crippen molar-refractivity contribution in [3.63, 3.8) is 0 Å². The van der Waals surface area contributed by atoms with Crippen molar-refractivity contribution in [3.8, 4) is 5.75 Å². The van der Waals surface area contributed by atoms with E-state index in [1.165, 1.54) is 13.1 Å². The molecule has 0 saturated heterocycles. The van der Waals surface area contributed by atoms with Gasteiger partial charge in [-0.2, -0.15) is 0 Å². The smallest absolute Gasteiger partial charge is 0.311 e. The Morgan fingerprint density at radius 3 is 2.45 bits per heavy atom. The number of nitrogens with one attached hydrogen (secondary N) is 1. The van der Waals surface area contributed by atoms with Crippen LogP contribution in [0.1, 0.15) is 5.56 Å². The lowest BCUT2D eigenvalue weighted by Crippen LogP contribution is -2.18. The van der Waals surface area contributed by atoms with Crippen LogP contribution in [0.5, 0.6) is 5.75 Å². The van der Waals surface area contributed by atoms with Crippen molar-refractivity contribution in [2.75, 3.05) is 7.05 Å². The molecule has 0 saturated carbocycles. The zero-order chi connectivity index (χ0) is 16.2. The first-order valence-corrected chi connectivity index (χ1v) is 7.81. The van der Waals surface area contributed by atoms with Crippen LogP contribution in [0.4, 0.5) is 5.69 Å². The van der Waals surface area contributed by atoms with Gasteiger partial charge >= 0.3 is 5.69 Å². The van der Waals surface area contributed by atoms with Crippen LogP contribution >= 0.6 is 0 Å². The van der Waals surface area contributed by atoms with Gasteiger partial charge in [0.15, 0.2) is 5.75 Å². The maximum absolute atomic E-state index is 11.8. The number of ether oxygens (including phenoxy) is 1. The summed E-state index contributed by atoms with van der Waals surface area (Å²) in [5, 5.41) is 11.0. The Labute approximate surface area is 127 Å². The maximum Gasteiger partial charge on any atom is 0.311 e. The quantitative estimate of drug-likeness (QED) is 0.648. The zero-order valence-electron chi connectivity index (χ0n) is 11.7. The summed E-state index contributed by atoms with van der Waals surface area (Å²) in [7, 11) is -2.43. The van der Waals surface area contributed by atoms with Gasteiger partial charge in [-0.05, 0) is 18.7 Å². The van der Waals surface area contributed by atoms with E-state index in [1.807, 2.05) is 18.2 Å². The molecule has 0 amide bonds. The molecule has 0 fully saturated rings. The number of nitro groups is 1. The van der Waals surface area contributed by atoms with Gasteiger partial charge in [-0.25, -0.2) is 13.1 Å². The number of benzene rings is 2. The molecule has 0 aliphatic rings. The summed E-state index contributed by atoms with van der Waals surface area (Å²) < 4.78 is 31.1. The van der Waals surface area contributed by atoms with E-state index in [1.54, 1.807) is 12.1 Å². The Morgan fingerprint density at radius 1 is 1.18 bits per heavy atom.